The maximum Gasteiger partial charge on any atom is 0.0482 e. The molecule has 0 aliphatic carbocycles. The fraction of sp³-hybridized carbons (Fsp3) is 0.348. The molecule has 4 heteroatoms. The summed E-state index contributed by atoms with van der Waals surface area (Å²) < 4.78 is 0. The van der Waals surface area contributed by atoms with Crippen LogP contribution in [-0.4, -0.2) is 6.54 Å². The summed E-state index contributed by atoms with van der Waals surface area (Å²) in [5.41, 5.74) is 18.4. The Bertz CT molecular complexity index is 1790. The standard InChI is InChI=1S/C46H58N4/c1-9-11-31-48-37-16-13-18-43(33-37)50(39-25-21-36(22-26-39)46(6,7)8)41-29-27-40(28-30-41)49(38-23-19-35(20-24-38)45(3,4)5)42-17-12-15-34(32-42)44(47)14-10-2/h12-13,15-30,32-33,44,48H,9-11,14,31,47H2,1-8H3. The molecule has 3 N–H and O–H groups in total. The predicted molar refractivity (Wildman–Crippen MR) is 218 cm³/mol. The molecule has 0 saturated heterocycles. The molecule has 0 heterocycles. The van der Waals surface area contributed by atoms with Gasteiger partial charge in [-0.3, -0.25) is 0 Å². The van der Waals surface area contributed by atoms with Crippen LogP contribution in [0, 0.1) is 0 Å². The predicted octanol–water partition coefficient (Wildman–Crippen LogP) is 13.2. The quantitative estimate of drug-likeness (QED) is 0.123. The summed E-state index contributed by atoms with van der Waals surface area (Å²) in [5.74, 6) is 0. The van der Waals surface area contributed by atoms with E-state index in [0.717, 1.165) is 71.2 Å². The lowest BCUT2D eigenvalue weighted by Crippen LogP contribution is -2.15. The number of benzene rings is 5. The molecule has 0 fully saturated rings. The first-order valence-electron chi connectivity index (χ1n) is 18.5. The molecule has 50 heavy (non-hydrogen) atoms. The Kier molecular flexibility index (Phi) is 11.8. The van der Waals surface area contributed by atoms with Crippen molar-refractivity contribution in [1.29, 1.82) is 0 Å². The first-order chi connectivity index (χ1) is 23.9. The van der Waals surface area contributed by atoms with E-state index in [-0.39, 0.29) is 16.9 Å². The Hall–Kier alpha value is -4.54. The number of hydrogen-bond donors (Lipinski definition) is 2. The molecule has 0 aromatic heterocycles. The second-order valence-electron chi connectivity index (χ2n) is 15.6. The molecular weight excluding hydrogens is 609 g/mol. The highest BCUT2D eigenvalue weighted by Crippen LogP contribution is 2.41. The third-order valence-electron chi connectivity index (χ3n) is 9.47. The van der Waals surface area contributed by atoms with Crippen molar-refractivity contribution in [2.24, 2.45) is 5.73 Å². The van der Waals surface area contributed by atoms with Crippen LogP contribution in [0.1, 0.15) is 104 Å². The summed E-state index contributed by atoms with van der Waals surface area (Å²) in [6.07, 6.45) is 4.32. The van der Waals surface area contributed by atoms with Gasteiger partial charge in [0.1, 0.15) is 0 Å². The van der Waals surface area contributed by atoms with Gasteiger partial charge in [0.25, 0.3) is 0 Å². The van der Waals surface area contributed by atoms with Gasteiger partial charge < -0.3 is 20.9 Å². The maximum absolute atomic E-state index is 6.63. The van der Waals surface area contributed by atoms with Crippen LogP contribution in [0.15, 0.2) is 121 Å². The number of nitrogens with two attached hydrogens (primary N) is 1. The molecule has 0 aliphatic rings. The minimum atomic E-state index is 0.0119. The molecule has 4 nitrogen and oxygen atoms in total. The molecule has 0 amide bonds. The molecule has 5 aromatic rings. The van der Waals surface area contributed by atoms with Gasteiger partial charge in [0.15, 0.2) is 0 Å². The van der Waals surface area contributed by atoms with Gasteiger partial charge in [-0.25, -0.2) is 0 Å². The number of unbranched alkanes of at least 4 members (excludes halogenated alkanes) is 1. The lowest BCUT2D eigenvalue weighted by molar-refractivity contribution is 0.590. The van der Waals surface area contributed by atoms with Crippen molar-refractivity contribution in [2.75, 3.05) is 21.7 Å². The Morgan fingerprint density at radius 3 is 1.42 bits per heavy atom. The van der Waals surface area contributed by atoms with Crippen LogP contribution < -0.4 is 20.9 Å². The van der Waals surface area contributed by atoms with Gasteiger partial charge >= 0.3 is 0 Å². The summed E-state index contributed by atoms with van der Waals surface area (Å²) in [6, 6.07) is 44.5. The molecular formula is C46H58N4. The molecule has 1 unspecified atom stereocenters. The molecule has 0 saturated carbocycles. The number of nitrogens with zero attached hydrogens (tertiary/aromatic N) is 2. The minimum absolute atomic E-state index is 0.0119. The number of hydrogen-bond acceptors (Lipinski definition) is 4. The van der Waals surface area contributed by atoms with Gasteiger partial charge in [-0.1, -0.05) is 111 Å². The van der Waals surface area contributed by atoms with E-state index in [4.69, 9.17) is 5.73 Å². The number of nitrogens with one attached hydrogen (secondary N) is 1. The molecule has 262 valence electrons. The Morgan fingerprint density at radius 1 is 0.540 bits per heavy atom. The largest absolute Gasteiger partial charge is 0.385 e. The Labute approximate surface area is 302 Å². The van der Waals surface area contributed by atoms with Crippen LogP contribution in [-0.2, 0) is 10.8 Å². The molecule has 5 rings (SSSR count). The van der Waals surface area contributed by atoms with E-state index in [1.807, 2.05) is 0 Å². The van der Waals surface area contributed by atoms with Crippen molar-refractivity contribution in [3.63, 3.8) is 0 Å². The zero-order valence-electron chi connectivity index (χ0n) is 31.6. The Morgan fingerprint density at radius 2 is 0.980 bits per heavy atom. The number of anilines is 7. The normalized spacial score (nSPS) is 12.4. The second-order valence-corrected chi connectivity index (χ2v) is 15.6. The molecule has 0 bridgehead atoms. The van der Waals surface area contributed by atoms with Gasteiger partial charge in [0.05, 0.1) is 0 Å². The Balaban J connectivity index is 1.59. The van der Waals surface area contributed by atoms with Crippen molar-refractivity contribution in [3.05, 3.63) is 138 Å². The van der Waals surface area contributed by atoms with Gasteiger partial charge in [-0.2, -0.15) is 0 Å². The van der Waals surface area contributed by atoms with E-state index in [0.29, 0.717) is 0 Å². The highest BCUT2D eigenvalue weighted by molar-refractivity contribution is 5.82. The van der Waals surface area contributed by atoms with Crippen molar-refractivity contribution in [1.82, 2.24) is 0 Å². The molecule has 0 spiro atoms. The third kappa shape index (κ3) is 8.97. The summed E-state index contributed by atoms with van der Waals surface area (Å²) in [4.78, 5) is 4.70. The van der Waals surface area contributed by atoms with Crippen LogP contribution in [0.2, 0.25) is 0 Å². The monoisotopic (exact) mass is 666 g/mol. The summed E-state index contributed by atoms with van der Waals surface area (Å²) in [5, 5.41) is 3.62. The fourth-order valence-corrected chi connectivity index (χ4v) is 6.40. The highest BCUT2D eigenvalue weighted by Gasteiger charge is 2.20. The van der Waals surface area contributed by atoms with E-state index < -0.39 is 0 Å². The number of rotatable bonds is 13. The smallest absolute Gasteiger partial charge is 0.0482 e. The van der Waals surface area contributed by atoms with Crippen LogP contribution in [0.4, 0.5) is 39.8 Å². The average Bonchev–Trinajstić information content (AvgIpc) is 3.09. The van der Waals surface area contributed by atoms with Crippen molar-refractivity contribution in [2.45, 2.75) is 97.9 Å². The van der Waals surface area contributed by atoms with Gasteiger partial charge in [0.2, 0.25) is 0 Å². The molecule has 0 radical (unpaired) electrons. The van der Waals surface area contributed by atoms with Gasteiger partial charge in [-0.15, -0.1) is 0 Å². The second kappa shape index (κ2) is 16.0. The average molecular weight is 667 g/mol. The van der Waals surface area contributed by atoms with Crippen LogP contribution in [0.25, 0.3) is 0 Å². The molecule has 5 aromatic carbocycles. The van der Waals surface area contributed by atoms with Gasteiger partial charge in [0, 0.05) is 52.4 Å². The molecule has 1 atom stereocenters. The first-order valence-corrected chi connectivity index (χ1v) is 18.5. The topological polar surface area (TPSA) is 44.5 Å². The zero-order chi connectivity index (χ0) is 35.9. The van der Waals surface area contributed by atoms with Crippen LogP contribution in [0.3, 0.4) is 0 Å². The summed E-state index contributed by atoms with van der Waals surface area (Å²) >= 11 is 0. The van der Waals surface area contributed by atoms with Crippen LogP contribution >= 0.6 is 0 Å². The van der Waals surface area contributed by atoms with Crippen molar-refractivity contribution < 1.29 is 0 Å². The highest BCUT2D eigenvalue weighted by atomic mass is 15.2. The first kappa shape index (κ1) is 36.7. The zero-order valence-corrected chi connectivity index (χ0v) is 31.6. The summed E-state index contributed by atoms with van der Waals surface area (Å²) in [6.45, 7) is 19.0. The lowest BCUT2D eigenvalue weighted by atomic mass is 9.87. The van der Waals surface area contributed by atoms with Crippen LogP contribution in [0.5, 0.6) is 0 Å². The van der Waals surface area contributed by atoms with E-state index >= 15 is 0 Å². The van der Waals surface area contributed by atoms with E-state index in [1.165, 1.54) is 17.5 Å². The molecule has 0 aliphatic heterocycles. The van der Waals surface area contributed by atoms with Crippen molar-refractivity contribution in [3.8, 4) is 0 Å². The summed E-state index contributed by atoms with van der Waals surface area (Å²) in [7, 11) is 0. The van der Waals surface area contributed by atoms with E-state index in [1.54, 1.807) is 0 Å². The SMILES string of the molecule is CCCCNc1cccc(N(c2ccc(N(c3ccc(C(C)(C)C)cc3)c3cccc(C(N)CCC)c3)cc2)c2ccc(C(C)(C)C)cc2)c1. The maximum atomic E-state index is 6.63. The third-order valence-corrected chi connectivity index (χ3v) is 9.47. The fourth-order valence-electron chi connectivity index (χ4n) is 6.40. The minimum Gasteiger partial charge on any atom is -0.385 e. The van der Waals surface area contributed by atoms with E-state index in [2.05, 4.69) is 192 Å². The van der Waals surface area contributed by atoms with E-state index in [9.17, 15) is 0 Å². The van der Waals surface area contributed by atoms with Gasteiger partial charge in [-0.05, 0) is 119 Å². The van der Waals surface area contributed by atoms with Crippen molar-refractivity contribution >= 4 is 39.8 Å². The lowest BCUT2D eigenvalue weighted by Gasteiger charge is -2.30.